The van der Waals surface area contributed by atoms with Crippen LogP contribution in [0.25, 0.3) is 0 Å². The first-order valence-electron chi connectivity index (χ1n) is 4.86. The molecule has 0 radical (unpaired) electrons. The van der Waals surface area contributed by atoms with E-state index < -0.39 is 0 Å². The number of rotatable bonds is 3. The summed E-state index contributed by atoms with van der Waals surface area (Å²) in [4.78, 5) is 0. The van der Waals surface area contributed by atoms with Crippen molar-refractivity contribution >= 4 is 38.9 Å². The van der Waals surface area contributed by atoms with E-state index in [0.717, 1.165) is 9.50 Å². The number of hydrogen-bond donors (Lipinski definition) is 1. The SMILES string of the molecule is CNC(c1ccc(Cl)cc1)c1cscc1Br. The van der Waals surface area contributed by atoms with Crippen LogP contribution < -0.4 is 5.32 Å². The average molecular weight is 317 g/mol. The summed E-state index contributed by atoms with van der Waals surface area (Å²) < 4.78 is 1.15. The summed E-state index contributed by atoms with van der Waals surface area (Å²) in [5, 5.41) is 8.33. The molecule has 1 N–H and O–H groups in total. The lowest BCUT2D eigenvalue weighted by molar-refractivity contribution is 0.692. The van der Waals surface area contributed by atoms with Gasteiger partial charge in [0.1, 0.15) is 0 Å². The van der Waals surface area contributed by atoms with Gasteiger partial charge in [-0.15, -0.1) is 0 Å². The second-order valence-corrected chi connectivity index (χ2v) is 5.48. The third kappa shape index (κ3) is 2.48. The van der Waals surface area contributed by atoms with Gasteiger partial charge in [-0.3, -0.25) is 0 Å². The molecular weight excluding hydrogens is 306 g/mol. The molecule has 16 heavy (non-hydrogen) atoms. The van der Waals surface area contributed by atoms with Crippen LogP contribution in [-0.2, 0) is 0 Å². The first-order valence-corrected chi connectivity index (χ1v) is 6.98. The van der Waals surface area contributed by atoms with E-state index in [1.807, 2.05) is 31.3 Å². The molecule has 0 aliphatic rings. The molecule has 0 spiro atoms. The maximum atomic E-state index is 5.89. The van der Waals surface area contributed by atoms with Crippen LogP contribution in [-0.4, -0.2) is 7.05 Å². The van der Waals surface area contributed by atoms with Gasteiger partial charge in [0.05, 0.1) is 6.04 Å². The smallest absolute Gasteiger partial charge is 0.0593 e. The van der Waals surface area contributed by atoms with Gasteiger partial charge < -0.3 is 5.32 Å². The lowest BCUT2D eigenvalue weighted by Crippen LogP contribution is -2.17. The highest BCUT2D eigenvalue weighted by molar-refractivity contribution is 9.10. The Hall–Kier alpha value is -0.350. The average Bonchev–Trinajstić information content (AvgIpc) is 2.69. The Kier molecular flexibility index (Phi) is 4.03. The molecule has 4 heteroatoms. The summed E-state index contributed by atoms with van der Waals surface area (Å²) >= 11 is 11.1. The van der Waals surface area contributed by atoms with Crippen LogP contribution in [0, 0.1) is 0 Å². The van der Waals surface area contributed by atoms with Gasteiger partial charge in [-0.2, -0.15) is 11.3 Å². The predicted molar refractivity (Wildman–Crippen MR) is 74.4 cm³/mol. The minimum absolute atomic E-state index is 0.206. The standard InChI is InChI=1S/C12H11BrClNS/c1-15-12(10-6-16-7-11(10)13)8-2-4-9(14)5-3-8/h2-7,12,15H,1H3. The van der Waals surface area contributed by atoms with Crippen LogP contribution >= 0.6 is 38.9 Å². The van der Waals surface area contributed by atoms with Gasteiger partial charge in [-0.1, -0.05) is 23.7 Å². The molecule has 1 atom stereocenters. The normalized spacial score (nSPS) is 12.7. The molecule has 0 aliphatic heterocycles. The monoisotopic (exact) mass is 315 g/mol. The summed E-state index contributed by atoms with van der Waals surface area (Å²) in [6.07, 6.45) is 0. The van der Waals surface area contributed by atoms with Gasteiger partial charge in [-0.25, -0.2) is 0 Å². The Bertz CT molecular complexity index is 466. The van der Waals surface area contributed by atoms with E-state index in [0.29, 0.717) is 0 Å². The second kappa shape index (κ2) is 5.32. The van der Waals surface area contributed by atoms with Gasteiger partial charge in [-0.05, 0) is 51.6 Å². The summed E-state index contributed by atoms with van der Waals surface area (Å²) in [5.41, 5.74) is 2.47. The molecule has 0 saturated heterocycles. The molecule has 1 aromatic heterocycles. The summed E-state index contributed by atoms with van der Waals surface area (Å²) in [6.45, 7) is 0. The van der Waals surface area contributed by atoms with Crippen LogP contribution in [0.3, 0.4) is 0 Å². The van der Waals surface area contributed by atoms with Crippen molar-refractivity contribution < 1.29 is 0 Å². The van der Waals surface area contributed by atoms with Gasteiger partial charge in [0, 0.05) is 14.9 Å². The third-order valence-electron chi connectivity index (χ3n) is 2.45. The topological polar surface area (TPSA) is 12.0 Å². The van der Waals surface area contributed by atoms with E-state index in [2.05, 4.69) is 32.0 Å². The van der Waals surface area contributed by atoms with Crippen molar-refractivity contribution in [1.82, 2.24) is 5.32 Å². The third-order valence-corrected chi connectivity index (χ3v) is 4.45. The van der Waals surface area contributed by atoms with Gasteiger partial charge >= 0.3 is 0 Å². The molecule has 84 valence electrons. The van der Waals surface area contributed by atoms with Crippen LogP contribution in [0.5, 0.6) is 0 Å². The predicted octanol–water partition coefficient (Wildman–Crippen LogP) is 4.47. The van der Waals surface area contributed by atoms with E-state index >= 15 is 0 Å². The molecule has 1 heterocycles. The van der Waals surface area contributed by atoms with E-state index in [-0.39, 0.29) is 6.04 Å². The lowest BCUT2D eigenvalue weighted by atomic mass is 10.0. The first kappa shape index (κ1) is 12.1. The Morgan fingerprint density at radius 1 is 1.25 bits per heavy atom. The Balaban J connectivity index is 2.37. The molecular formula is C12H11BrClNS. The minimum atomic E-state index is 0.206. The van der Waals surface area contributed by atoms with Crippen molar-refractivity contribution in [2.45, 2.75) is 6.04 Å². The Morgan fingerprint density at radius 2 is 1.94 bits per heavy atom. The van der Waals surface area contributed by atoms with E-state index in [1.54, 1.807) is 11.3 Å². The maximum absolute atomic E-state index is 5.89. The number of halogens is 2. The number of benzene rings is 1. The largest absolute Gasteiger partial charge is 0.309 e. The Labute approximate surface area is 113 Å². The summed E-state index contributed by atoms with van der Waals surface area (Å²) in [6, 6.07) is 8.14. The molecule has 0 saturated carbocycles. The van der Waals surface area contributed by atoms with Crippen LogP contribution in [0.2, 0.25) is 5.02 Å². The van der Waals surface area contributed by atoms with Crippen molar-refractivity contribution in [3.63, 3.8) is 0 Å². The van der Waals surface area contributed by atoms with Crippen LogP contribution in [0.4, 0.5) is 0 Å². The first-order chi connectivity index (χ1) is 7.72. The highest BCUT2D eigenvalue weighted by Gasteiger charge is 2.15. The van der Waals surface area contributed by atoms with E-state index in [9.17, 15) is 0 Å². The fraction of sp³-hybridized carbons (Fsp3) is 0.167. The van der Waals surface area contributed by atoms with Crippen molar-refractivity contribution in [2.24, 2.45) is 0 Å². The molecule has 0 fully saturated rings. The van der Waals surface area contributed by atoms with Crippen molar-refractivity contribution in [3.05, 3.63) is 55.6 Å². The van der Waals surface area contributed by atoms with Crippen LogP contribution in [0.15, 0.2) is 39.5 Å². The molecule has 1 nitrogen and oxygen atoms in total. The van der Waals surface area contributed by atoms with Gasteiger partial charge in [0.15, 0.2) is 0 Å². The molecule has 2 aromatic rings. The number of thiophene rings is 1. The van der Waals surface area contributed by atoms with Crippen molar-refractivity contribution in [3.8, 4) is 0 Å². The fourth-order valence-electron chi connectivity index (χ4n) is 1.65. The Morgan fingerprint density at radius 3 is 2.44 bits per heavy atom. The lowest BCUT2D eigenvalue weighted by Gasteiger charge is -2.16. The quantitative estimate of drug-likeness (QED) is 0.881. The van der Waals surface area contributed by atoms with E-state index in [4.69, 9.17) is 11.6 Å². The second-order valence-electron chi connectivity index (χ2n) is 3.45. The minimum Gasteiger partial charge on any atom is -0.309 e. The van der Waals surface area contributed by atoms with Gasteiger partial charge in [0.25, 0.3) is 0 Å². The molecule has 0 aliphatic carbocycles. The summed E-state index contributed by atoms with van der Waals surface area (Å²) in [5.74, 6) is 0. The van der Waals surface area contributed by atoms with Crippen molar-refractivity contribution in [2.75, 3.05) is 7.05 Å². The highest BCUT2D eigenvalue weighted by atomic mass is 79.9. The molecule has 2 rings (SSSR count). The van der Waals surface area contributed by atoms with Crippen molar-refractivity contribution in [1.29, 1.82) is 0 Å². The highest BCUT2D eigenvalue weighted by Crippen LogP contribution is 2.31. The molecule has 0 amide bonds. The zero-order valence-electron chi connectivity index (χ0n) is 8.71. The number of nitrogens with one attached hydrogen (secondary N) is 1. The summed E-state index contributed by atoms with van der Waals surface area (Å²) in [7, 11) is 1.96. The molecule has 0 bridgehead atoms. The fourth-order valence-corrected chi connectivity index (χ4v) is 3.33. The number of hydrogen-bond acceptors (Lipinski definition) is 2. The molecule has 1 aromatic carbocycles. The van der Waals surface area contributed by atoms with E-state index in [1.165, 1.54) is 11.1 Å². The van der Waals surface area contributed by atoms with Gasteiger partial charge in [0.2, 0.25) is 0 Å². The zero-order valence-corrected chi connectivity index (χ0v) is 11.9. The maximum Gasteiger partial charge on any atom is 0.0593 e. The zero-order chi connectivity index (χ0) is 11.5. The van der Waals surface area contributed by atoms with Crippen LogP contribution in [0.1, 0.15) is 17.2 Å². The molecule has 1 unspecified atom stereocenters.